The topological polar surface area (TPSA) is 63.9 Å². The average Bonchev–Trinajstić information content (AvgIpc) is 3.15. The van der Waals surface area contributed by atoms with Crippen LogP contribution in [-0.2, 0) is 16.0 Å². The van der Waals surface area contributed by atoms with Crippen LogP contribution in [0.15, 0.2) is 35.6 Å². The minimum atomic E-state index is 0. The van der Waals surface area contributed by atoms with Crippen molar-refractivity contribution in [3.8, 4) is 0 Å². The van der Waals surface area contributed by atoms with Crippen LogP contribution in [0.25, 0.3) is 11.0 Å². The van der Waals surface area contributed by atoms with Crippen LogP contribution in [0.2, 0.25) is 0 Å². The molecule has 0 atom stereocenters. The van der Waals surface area contributed by atoms with Crippen LogP contribution in [0, 0.1) is 0 Å². The third-order valence-corrected chi connectivity index (χ3v) is 5.19. The molecule has 0 bridgehead atoms. The third-order valence-electron chi connectivity index (χ3n) is 5.19. The molecular weight excluding hydrogens is 481 g/mol. The number of aliphatic imine (C=N–C) groups is 1. The quantitative estimate of drug-likeness (QED) is 0.241. The van der Waals surface area contributed by atoms with E-state index in [9.17, 15) is 0 Å². The highest BCUT2D eigenvalue weighted by molar-refractivity contribution is 14.0. The fourth-order valence-electron chi connectivity index (χ4n) is 3.66. The van der Waals surface area contributed by atoms with E-state index in [1.807, 2.05) is 19.4 Å². The van der Waals surface area contributed by atoms with Gasteiger partial charge in [-0.05, 0) is 37.8 Å². The second-order valence-electron chi connectivity index (χ2n) is 7.16. The van der Waals surface area contributed by atoms with Crippen LogP contribution in [0.4, 0.5) is 0 Å². The van der Waals surface area contributed by atoms with Gasteiger partial charge in [-0.3, -0.25) is 4.99 Å². The number of imidazole rings is 1. The molecule has 1 N–H and O–H groups in total. The smallest absolute Gasteiger partial charge is 0.193 e. The van der Waals surface area contributed by atoms with Crippen molar-refractivity contribution >= 4 is 41.0 Å². The third kappa shape index (κ3) is 7.11. The van der Waals surface area contributed by atoms with Gasteiger partial charge in [-0.15, -0.1) is 24.0 Å². The van der Waals surface area contributed by atoms with Gasteiger partial charge in [0.15, 0.2) is 5.96 Å². The zero-order valence-corrected chi connectivity index (χ0v) is 19.9. The number of fused-ring (bicyclic) bond motifs is 1. The van der Waals surface area contributed by atoms with Crippen molar-refractivity contribution in [3.05, 3.63) is 30.6 Å². The van der Waals surface area contributed by atoms with Gasteiger partial charge in [-0.1, -0.05) is 12.1 Å². The first-order valence-corrected chi connectivity index (χ1v) is 10.3. The first kappa shape index (κ1) is 23.9. The number of methoxy groups -OCH3 is 1. The summed E-state index contributed by atoms with van der Waals surface area (Å²) in [5, 5.41) is 3.51. The molecule has 0 radical (unpaired) electrons. The average molecular weight is 515 g/mol. The highest BCUT2D eigenvalue weighted by Crippen LogP contribution is 2.14. The van der Waals surface area contributed by atoms with Crippen LogP contribution in [-0.4, -0.2) is 73.5 Å². The highest BCUT2D eigenvalue weighted by Gasteiger charge is 2.21. The van der Waals surface area contributed by atoms with E-state index in [0.717, 1.165) is 76.6 Å². The summed E-state index contributed by atoms with van der Waals surface area (Å²) in [4.78, 5) is 11.3. The molecule has 0 amide bonds. The Morgan fingerprint density at radius 2 is 2.00 bits per heavy atom. The van der Waals surface area contributed by atoms with Gasteiger partial charge in [-0.2, -0.15) is 0 Å². The number of nitrogens with one attached hydrogen (secondary N) is 1. The Hall–Kier alpha value is -1.39. The summed E-state index contributed by atoms with van der Waals surface area (Å²) >= 11 is 0. The molecule has 0 spiro atoms. The number of aromatic nitrogens is 2. The number of halogens is 1. The number of nitrogens with zero attached hydrogens (tertiary/aromatic N) is 4. The Morgan fingerprint density at radius 3 is 2.76 bits per heavy atom. The van der Waals surface area contributed by atoms with Crippen molar-refractivity contribution in [2.75, 3.05) is 47.0 Å². The monoisotopic (exact) mass is 515 g/mol. The van der Waals surface area contributed by atoms with E-state index in [1.54, 1.807) is 7.11 Å². The maximum absolute atomic E-state index is 5.95. The molecule has 2 aromatic rings. The molecule has 0 aliphatic carbocycles. The van der Waals surface area contributed by atoms with E-state index >= 15 is 0 Å². The molecular formula is C21H34IN5O2. The molecule has 0 unspecified atom stereocenters. The van der Waals surface area contributed by atoms with E-state index in [1.165, 1.54) is 5.52 Å². The lowest BCUT2D eigenvalue weighted by Gasteiger charge is -2.34. The van der Waals surface area contributed by atoms with Crippen molar-refractivity contribution < 1.29 is 9.47 Å². The molecule has 2 heterocycles. The summed E-state index contributed by atoms with van der Waals surface area (Å²) in [6.45, 7) is 5.37. The number of rotatable bonds is 9. The number of hydrogen-bond acceptors (Lipinski definition) is 4. The zero-order chi connectivity index (χ0) is 19.6. The highest BCUT2D eigenvalue weighted by atomic mass is 127. The van der Waals surface area contributed by atoms with Gasteiger partial charge in [0.2, 0.25) is 0 Å². The summed E-state index contributed by atoms with van der Waals surface area (Å²) in [6.07, 6.45) is 6.38. The zero-order valence-electron chi connectivity index (χ0n) is 17.5. The fourth-order valence-corrected chi connectivity index (χ4v) is 3.66. The van der Waals surface area contributed by atoms with Gasteiger partial charge in [0.1, 0.15) is 0 Å². The number of likely N-dealkylation sites (tertiary alicyclic amines) is 1. The number of piperidine rings is 1. The number of benzene rings is 1. The number of guanidine groups is 1. The lowest BCUT2D eigenvalue weighted by molar-refractivity contribution is 0.00991. The largest absolute Gasteiger partial charge is 0.385 e. The Balaban J connectivity index is 0.00000300. The number of ether oxygens (including phenoxy) is 2. The lowest BCUT2D eigenvalue weighted by atomic mass is 10.1. The molecule has 1 aliphatic rings. The summed E-state index contributed by atoms with van der Waals surface area (Å²) in [5.41, 5.74) is 2.25. The first-order valence-electron chi connectivity index (χ1n) is 10.3. The van der Waals surface area contributed by atoms with Crippen LogP contribution in [0.5, 0.6) is 0 Å². The predicted octanol–water partition coefficient (Wildman–Crippen LogP) is 3.14. The summed E-state index contributed by atoms with van der Waals surface area (Å²) in [6, 6.07) is 8.26. The SMILES string of the molecule is CN=C(NCCCn1cnc2ccccc21)N1CCC(OCCCOC)CC1.I. The van der Waals surface area contributed by atoms with Gasteiger partial charge in [0, 0.05) is 53.6 Å². The Bertz CT molecular complexity index is 744. The normalized spacial score (nSPS) is 15.5. The van der Waals surface area contributed by atoms with Crippen molar-refractivity contribution in [1.29, 1.82) is 0 Å². The lowest BCUT2D eigenvalue weighted by Crippen LogP contribution is -2.47. The Labute approximate surface area is 190 Å². The summed E-state index contributed by atoms with van der Waals surface area (Å²) in [5.74, 6) is 0.994. The number of para-hydroxylation sites is 2. The first-order chi connectivity index (χ1) is 13.8. The van der Waals surface area contributed by atoms with Gasteiger partial charge >= 0.3 is 0 Å². The maximum atomic E-state index is 5.95. The fraction of sp³-hybridized carbons (Fsp3) is 0.619. The van der Waals surface area contributed by atoms with E-state index in [-0.39, 0.29) is 24.0 Å². The van der Waals surface area contributed by atoms with Crippen molar-refractivity contribution in [2.45, 2.75) is 38.3 Å². The molecule has 1 aliphatic heterocycles. The molecule has 8 heteroatoms. The molecule has 1 aromatic carbocycles. The molecule has 1 aromatic heterocycles. The number of aryl methyl sites for hydroxylation is 1. The van der Waals surface area contributed by atoms with Crippen molar-refractivity contribution in [1.82, 2.24) is 19.8 Å². The second kappa shape index (κ2) is 13.0. The van der Waals surface area contributed by atoms with Gasteiger partial charge in [-0.25, -0.2) is 4.98 Å². The summed E-state index contributed by atoms with van der Waals surface area (Å²) in [7, 11) is 3.59. The molecule has 7 nitrogen and oxygen atoms in total. The minimum absolute atomic E-state index is 0. The standard InChI is InChI=1S/C21H33N5O2.HI/c1-22-21(25-13-9-18(10-14-25)28-16-6-15-27-2)23-11-5-12-26-17-24-19-7-3-4-8-20(19)26;/h3-4,7-8,17-18H,5-6,9-16H2,1-2H3,(H,22,23);1H. The molecule has 0 saturated carbocycles. The van der Waals surface area contributed by atoms with Gasteiger partial charge in [0.05, 0.1) is 23.5 Å². The van der Waals surface area contributed by atoms with E-state index in [4.69, 9.17) is 9.47 Å². The van der Waals surface area contributed by atoms with Gasteiger partial charge < -0.3 is 24.3 Å². The van der Waals surface area contributed by atoms with E-state index in [2.05, 4.69) is 43.0 Å². The maximum Gasteiger partial charge on any atom is 0.193 e. The molecule has 1 saturated heterocycles. The number of hydrogen-bond donors (Lipinski definition) is 1. The minimum Gasteiger partial charge on any atom is -0.385 e. The van der Waals surface area contributed by atoms with Crippen LogP contribution < -0.4 is 5.32 Å². The molecule has 3 rings (SSSR count). The molecule has 1 fully saturated rings. The second-order valence-corrected chi connectivity index (χ2v) is 7.16. The Morgan fingerprint density at radius 1 is 1.21 bits per heavy atom. The van der Waals surface area contributed by atoms with Gasteiger partial charge in [0.25, 0.3) is 0 Å². The van der Waals surface area contributed by atoms with Crippen LogP contribution >= 0.6 is 24.0 Å². The predicted molar refractivity (Wildman–Crippen MR) is 128 cm³/mol. The molecule has 29 heavy (non-hydrogen) atoms. The van der Waals surface area contributed by atoms with Crippen LogP contribution in [0.3, 0.4) is 0 Å². The van der Waals surface area contributed by atoms with Crippen molar-refractivity contribution in [2.24, 2.45) is 4.99 Å². The Kier molecular flexibility index (Phi) is 10.7. The van der Waals surface area contributed by atoms with E-state index in [0.29, 0.717) is 6.10 Å². The van der Waals surface area contributed by atoms with Crippen LogP contribution in [0.1, 0.15) is 25.7 Å². The molecule has 162 valence electrons. The van der Waals surface area contributed by atoms with Crippen molar-refractivity contribution in [3.63, 3.8) is 0 Å². The van der Waals surface area contributed by atoms with E-state index < -0.39 is 0 Å². The summed E-state index contributed by atoms with van der Waals surface area (Å²) < 4.78 is 13.2.